The quantitative estimate of drug-likeness (QED) is 0.330. The highest BCUT2D eigenvalue weighted by molar-refractivity contribution is 5.75. The van der Waals surface area contributed by atoms with Gasteiger partial charge in [0.2, 0.25) is 0 Å². The van der Waals surface area contributed by atoms with Gasteiger partial charge >= 0.3 is 12.1 Å². The summed E-state index contributed by atoms with van der Waals surface area (Å²) in [4.78, 5) is 27.9. The number of carbonyl (C=O) groups is 2. The summed E-state index contributed by atoms with van der Waals surface area (Å²) in [5.41, 5.74) is -0.836. The Hall–Kier alpha value is -2.35. The number of benzene rings is 1. The van der Waals surface area contributed by atoms with Crippen LogP contribution in [0.15, 0.2) is 30.3 Å². The first-order valence-electron chi connectivity index (χ1n) is 14.1. The van der Waals surface area contributed by atoms with Crippen molar-refractivity contribution in [1.82, 2.24) is 15.1 Å². The van der Waals surface area contributed by atoms with Crippen LogP contribution in [-0.4, -0.2) is 73.5 Å². The average molecular weight is 520 g/mol. The molecule has 0 aromatic heterocycles. The molecular formula is C29H46FN3O4. The molecule has 1 aliphatic carbocycles. The number of urea groups is 1. The summed E-state index contributed by atoms with van der Waals surface area (Å²) in [7, 11) is 3.20. The van der Waals surface area contributed by atoms with Crippen LogP contribution in [-0.2, 0) is 10.4 Å². The lowest BCUT2D eigenvalue weighted by Gasteiger charge is -2.41. The van der Waals surface area contributed by atoms with Crippen molar-refractivity contribution in [2.24, 2.45) is 11.8 Å². The van der Waals surface area contributed by atoms with E-state index in [1.165, 1.54) is 24.2 Å². The predicted octanol–water partition coefficient (Wildman–Crippen LogP) is 6.04. The molecule has 3 amide bonds. The molecule has 8 heteroatoms. The molecule has 1 aromatic carbocycles. The van der Waals surface area contributed by atoms with E-state index < -0.39 is 11.8 Å². The number of likely N-dealkylation sites (tertiary alicyclic amines) is 1. The Kier molecular flexibility index (Phi) is 11.5. The van der Waals surface area contributed by atoms with Crippen LogP contribution >= 0.6 is 0 Å². The van der Waals surface area contributed by atoms with E-state index in [0.29, 0.717) is 44.0 Å². The summed E-state index contributed by atoms with van der Waals surface area (Å²) in [5, 5.41) is 12.5. The molecule has 2 N–H and O–H groups in total. The summed E-state index contributed by atoms with van der Waals surface area (Å²) < 4.78 is 22.0. The van der Waals surface area contributed by atoms with E-state index in [1.54, 1.807) is 19.1 Å². The van der Waals surface area contributed by atoms with Crippen LogP contribution in [0.25, 0.3) is 0 Å². The van der Waals surface area contributed by atoms with E-state index in [9.17, 15) is 14.7 Å². The van der Waals surface area contributed by atoms with Crippen molar-refractivity contribution in [1.29, 1.82) is 0 Å². The first-order valence-corrected chi connectivity index (χ1v) is 14.1. The molecule has 37 heavy (non-hydrogen) atoms. The van der Waals surface area contributed by atoms with Crippen LogP contribution in [0.5, 0.6) is 0 Å². The zero-order chi connectivity index (χ0) is 26.7. The molecule has 1 saturated carbocycles. The molecule has 3 atom stereocenters. The smallest absolute Gasteiger partial charge is 0.407 e. The molecule has 2 unspecified atom stereocenters. The number of methoxy groups -OCH3 is 1. The van der Waals surface area contributed by atoms with E-state index in [4.69, 9.17) is 4.74 Å². The lowest BCUT2D eigenvalue weighted by molar-refractivity contribution is 0.0206. The number of carboxylic acid groups (broad SMARTS) is 1. The highest BCUT2D eigenvalue weighted by Crippen LogP contribution is 2.43. The number of hydrogen-bond donors (Lipinski definition) is 2. The lowest BCUT2D eigenvalue weighted by atomic mass is 9.75. The van der Waals surface area contributed by atoms with Crippen LogP contribution < -0.4 is 5.32 Å². The number of carbonyl (C=O) groups excluding carboxylic acids is 1. The Morgan fingerprint density at radius 3 is 2.57 bits per heavy atom. The van der Waals surface area contributed by atoms with Gasteiger partial charge in [0.25, 0.3) is 0 Å². The maximum atomic E-state index is 16.8. The number of hydrogen-bond acceptors (Lipinski definition) is 3. The highest BCUT2D eigenvalue weighted by atomic mass is 19.1. The first kappa shape index (κ1) is 29.2. The van der Waals surface area contributed by atoms with Gasteiger partial charge in [0.15, 0.2) is 0 Å². The molecule has 3 rings (SSSR count). The SMILES string of the molecule is COCCCCC(F)(c1ccccc1)C1CCCN(C(=O)N[C@@H](CC2CCCCC2)CN(C)C(=O)O)C1. The number of rotatable bonds is 12. The van der Waals surface area contributed by atoms with Crippen molar-refractivity contribution in [2.45, 2.75) is 82.3 Å². The van der Waals surface area contributed by atoms with Crippen molar-refractivity contribution in [3.05, 3.63) is 35.9 Å². The van der Waals surface area contributed by atoms with Gasteiger partial charge in [0.05, 0.1) is 0 Å². The second-order valence-corrected chi connectivity index (χ2v) is 11.0. The van der Waals surface area contributed by atoms with Gasteiger partial charge in [-0.25, -0.2) is 14.0 Å². The zero-order valence-electron chi connectivity index (χ0n) is 22.7. The minimum Gasteiger partial charge on any atom is -0.465 e. The van der Waals surface area contributed by atoms with Gasteiger partial charge in [-0.05, 0) is 50.0 Å². The highest BCUT2D eigenvalue weighted by Gasteiger charge is 2.43. The molecule has 2 fully saturated rings. The van der Waals surface area contributed by atoms with E-state index in [0.717, 1.165) is 38.5 Å². The number of amides is 3. The summed E-state index contributed by atoms with van der Waals surface area (Å²) in [5.74, 6) is 0.203. The third kappa shape index (κ3) is 8.59. The lowest BCUT2D eigenvalue weighted by Crippen LogP contribution is -2.54. The average Bonchev–Trinajstić information content (AvgIpc) is 2.92. The van der Waals surface area contributed by atoms with Crippen LogP contribution in [0.4, 0.5) is 14.0 Å². The van der Waals surface area contributed by atoms with Crippen LogP contribution in [0.2, 0.25) is 0 Å². The normalized spacial score (nSPS) is 21.2. The number of halogens is 1. The van der Waals surface area contributed by atoms with Gasteiger partial charge in [-0.1, -0.05) is 62.4 Å². The number of ether oxygens (including phenoxy) is 1. The van der Waals surface area contributed by atoms with Crippen molar-refractivity contribution in [2.75, 3.05) is 40.4 Å². The Labute approximate surface area is 221 Å². The number of unbranched alkanes of at least 4 members (excludes halogenated alkanes) is 1. The molecule has 1 saturated heterocycles. The van der Waals surface area contributed by atoms with Crippen molar-refractivity contribution in [3.63, 3.8) is 0 Å². The fourth-order valence-corrected chi connectivity index (χ4v) is 6.14. The Morgan fingerprint density at radius 2 is 1.89 bits per heavy atom. The van der Waals surface area contributed by atoms with Gasteiger partial charge in [-0.2, -0.15) is 0 Å². The van der Waals surface area contributed by atoms with E-state index in [1.807, 2.05) is 30.3 Å². The molecule has 0 radical (unpaired) electrons. The summed E-state index contributed by atoms with van der Waals surface area (Å²) in [6, 6.07) is 8.90. The van der Waals surface area contributed by atoms with Crippen LogP contribution in [0.1, 0.15) is 76.2 Å². The topological polar surface area (TPSA) is 82.1 Å². The second-order valence-electron chi connectivity index (χ2n) is 11.0. The summed E-state index contributed by atoms with van der Waals surface area (Å²) in [6.07, 6.45) is 9.04. The zero-order valence-corrected chi connectivity index (χ0v) is 22.7. The molecule has 7 nitrogen and oxygen atoms in total. The number of piperidine rings is 1. The Morgan fingerprint density at radius 1 is 1.16 bits per heavy atom. The minimum atomic E-state index is -1.51. The predicted molar refractivity (Wildman–Crippen MR) is 143 cm³/mol. The number of alkyl halides is 1. The molecule has 208 valence electrons. The molecular weight excluding hydrogens is 473 g/mol. The third-order valence-electron chi connectivity index (χ3n) is 8.24. The first-order chi connectivity index (χ1) is 17.8. The van der Waals surface area contributed by atoms with Gasteiger partial charge in [-0.3, -0.25) is 0 Å². The number of likely N-dealkylation sites (N-methyl/N-ethyl adjacent to an activating group) is 1. The monoisotopic (exact) mass is 519 g/mol. The van der Waals surface area contributed by atoms with Gasteiger partial charge in [-0.15, -0.1) is 0 Å². The largest absolute Gasteiger partial charge is 0.465 e. The molecule has 0 spiro atoms. The minimum absolute atomic E-state index is 0.209. The summed E-state index contributed by atoms with van der Waals surface area (Å²) >= 11 is 0. The molecule has 1 heterocycles. The van der Waals surface area contributed by atoms with Crippen molar-refractivity contribution >= 4 is 12.1 Å². The number of nitrogens with zero attached hydrogens (tertiary/aromatic N) is 2. The Bertz CT molecular complexity index is 836. The number of nitrogens with one attached hydrogen (secondary N) is 1. The van der Waals surface area contributed by atoms with Gasteiger partial charge < -0.3 is 25.0 Å². The van der Waals surface area contributed by atoms with E-state index in [2.05, 4.69) is 5.32 Å². The van der Waals surface area contributed by atoms with E-state index in [-0.39, 0.29) is 24.5 Å². The fraction of sp³-hybridized carbons (Fsp3) is 0.724. The fourth-order valence-electron chi connectivity index (χ4n) is 6.14. The van der Waals surface area contributed by atoms with Gasteiger partial charge in [0, 0.05) is 52.4 Å². The molecule has 1 aromatic rings. The second kappa shape index (κ2) is 14.6. The van der Waals surface area contributed by atoms with E-state index >= 15 is 4.39 Å². The standard InChI is InChI=1S/C29H46FN3O4/c1-32(28(35)36)22-26(20-23-12-5-3-6-13-23)31-27(34)33-18-11-16-25(21-33)29(30,17-9-10-19-37-2)24-14-7-4-8-15-24/h4,7-8,14-15,23,25-26H,3,5-6,9-13,16-22H2,1-2H3,(H,31,34)(H,35,36)/t25?,26-,29?/m0/s1. The van der Waals surface area contributed by atoms with Crippen molar-refractivity contribution in [3.8, 4) is 0 Å². The summed E-state index contributed by atoms with van der Waals surface area (Å²) in [6.45, 7) is 1.80. The molecule has 0 bridgehead atoms. The van der Waals surface area contributed by atoms with Gasteiger partial charge in [0.1, 0.15) is 5.67 Å². The Balaban J connectivity index is 1.69. The third-order valence-corrected chi connectivity index (χ3v) is 8.24. The molecule has 2 aliphatic rings. The maximum absolute atomic E-state index is 16.8. The van der Waals surface area contributed by atoms with Crippen molar-refractivity contribution < 1.29 is 23.8 Å². The maximum Gasteiger partial charge on any atom is 0.407 e. The molecule has 1 aliphatic heterocycles. The van der Waals surface area contributed by atoms with Crippen LogP contribution in [0, 0.1) is 11.8 Å². The van der Waals surface area contributed by atoms with Crippen LogP contribution in [0.3, 0.4) is 0 Å².